The summed E-state index contributed by atoms with van der Waals surface area (Å²) in [4.78, 5) is 23.3. The van der Waals surface area contributed by atoms with Gasteiger partial charge in [0.2, 0.25) is 5.91 Å². The summed E-state index contributed by atoms with van der Waals surface area (Å²) < 4.78 is 0.952. The van der Waals surface area contributed by atoms with Crippen molar-refractivity contribution in [1.82, 2.24) is 0 Å². The van der Waals surface area contributed by atoms with E-state index in [2.05, 4.69) is 21.2 Å². The van der Waals surface area contributed by atoms with E-state index in [1.165, 1.54) is 0 Å². The van der Waals surface area contributed by atoms with E-state index in [-0.39, 0.29) is 12.3 Å². The standard InChI is InChI=1S/C16H15BrN2O2/c1-10-8-12(6-7-13(10)17)16(21)19-14-5-3-2-4-11(14)9-15(18)20/h2-8H,9H2,1H3,(H2,18,20)(H,19,21). The maximum absolute atomic E-state index is 12.3. The minimum atomic E-state index is -0.434. The lowest BCUT2D eigenvalue weighted by Gasteiger charge is -2.10. The second-order valence-corrected chi connectivity index (χ2v) is 5.57. The van der Waals surface area contributed by atoms with Crippen molar-refractivity contribution in [1.29, 1.82) is 0 Å². The van der Waals surface area contributed by atoms with E-state index in [9.17, 15) is 9.59 Å². The van der Waals surface area contributed by atoms with Crippen molar-refractivity contribution in [2.24, 2.45) is 5.73 Å². The van der Waals surface area contributed by atoms with Gasteiger partial charge in [0.15, 0.2) is 0 Å². The summed E-state index contributed by atoms with van der Waals surface area (Å²) in [7, 11) is 0. The number of primary amides is 1. The SMILES string of the molecule is Cc1cc(C(=O)Nc2ccccc2CC(N)=O)ccc1Br. The molecule has 0 spiro atoms. The molecule has 5 heteroatoms. The molecule has 21 heavy (non-hydrogen) atoms. The molecule has 2 aromatic rings. The van der Waals surface area contributed by atoms with E-state index in [1.54, 1.807) is 36.4 Å². The number of amides is 2. The van der Waals surface area contributed by atoms with E-state index in [0.717, 1.165) is 10.0 Å². The Morgan fingerprint density at radius 1 is 1.19 bits per heavy atom. The summed E-state index contributed by atoms with van der Waals surface area (Å²) in [6.45, 7) is 1.92. The van der Waals surface area contributed by atoms with Gasteiger partial charge >= 0.3 is 0 Å². The number of nitrogens with two attached hydrogens (primary N) is 1. The predicted molar refractivity (Wildman–Crippen MR) is 86.2 cm³/mol. The number of hydrogen-bond acceptors (Lipinski definition) is 2. The van der Waals surface area contributed by atoms with Crippen molar-refractivity contribution < 1.29 is 9.59 Å². The molecule has 0 bridgehead atoms. The van der Waals surface area contributed by atoms with Crippen molar-refractivity contribution in [3.05, 3.63) is 63.6 Å². The summed E-state index contributed by atoms with van der Waals surface area (Å²) in [6, 6.07) is 12.5. The van der Waals surface area contributed by atoms with Gasteiger partial charge < -0.3 is 11.1 Å². The van der Waals surface area contributed by atoms with Crippen LogP contribution in [0.1, 0.15) is 21.5 Å². The second-order valence-electron chi connectivity index (χ2n) is 4.72. The monoisotopic (exact) mass is 346 g/mol. The van der Waals surface area contributed by atoms with Crippen LogP contribution in [0.4, 0.5) is 5.69 Å². The number of hydrogen-bond donors (Lipinski definition) is 2. The van der Waals surface area contributed by atoms with Gasteiger partial charge in [-0.3, -0.25) is 9.59 Å². The lowest BCUT2D eigenvalue weighted by Crippen LogP contribution is -2.17. The third kappa shape index (κ3) is 3.92. The molecule has 2 aromatic carbocycles. The van der Waals surface area contributed by atoms with Gasteiger partial charge in [0.1, 0.15) is 0 Å². The molecule has 0 aliphatic carbocycles. The van der Waals surface area contributed by atoms with Crippen LogP contribution in [0, 0.1) is 6.92 Å². The summed E-state index contributed by atoms with van der Waals surface area (Å²) in [5.41, 5.74) is 8.05. The summed E-state index contributed by atoms with van der Waals surface area (Å²) in [5, 5.41) is 2.82. The number of anilines is 1. The molecule has 0 unspecified atom stereocenters. The zero-order chi connectivity index (χ0) is 15.4. The number of aryl methyl sites for hydroxylation is 1. The molecule has 0 fully saturated rings. The van der Waals surface area contributed by atoms with Gasteiger partial charge in [-0.15, -0.1) is 0 Å². The first-order valence-electron chi connectivity index (χ1n) is 6.41. The third-order valence-electron chi connectivity index (χ3n) is 3.05. The molecular formula is C16H15BrN2O2. The average Bonchev–Trinajstić information content (AvgIpc) is 2.43. The molecule has 0 heterocycles. The lowest BCUT2D eigenvalue weighted by molar-refractivity contribution is -0.117. The minimum Gasteiger partial charge on any atom is -0.369 e. The van der Waals surface area contributed by atoms with Crippen LogP contribution in [0.3, 0.4) is 0 Å². The van der Waals surface area contributed by atoms with Gasteiger partial charge in [-0.2, -0.15) is 0 Å². The number of halogens is 1. The Balaban J connectivity index is 2.23. The van der Waals surface area contributed by atoms with Crippen molar-refractivity contribution in [2.45, 2.75) is 13.3 Å². The highest BCUT2D eigenvalue weighted by atomic mass is 79.9. The van der Waals surface area contributed by atoms with E-state index >= 15 is 0 Å². The Hall–Kier alpha value is -2.14. The molecular weight excluding hydrogens is 332 g/mol. The topological polar surface area (TPSA) is 72.2 Å². The van der Waals surface area contributed by atoms with Crippen LogP contribution in [0.15, 0.2) is 46.9 Å². The quantitative estimate of drug-likeness (QED) is 0.892. The van der Waals surface area contributed by atoms with E-state index in [0.29, 0.717) is 16.8 Å². The molecule has 0 saturated carbocycles. The van der Waals surface area contributed by atoms with Gasteiger partial charge in [0, 0.05) is 15.7 Å². The van der Waals surface area contributed by atoms with Crippen molar-refractivity contribution in [2.75, 3.05) is 5.32 Å². The zero-order valence-corrected chi connectivity index (χ0v) is 13.1. The highest BCUT2D eigenvalue weighted by Crippen LogP contribution is 2.20. The Labute approximate surface area is 131 Å². The Kier molecular flexibility index (Phi) is 4.75. The molecule has 0 aromatic heterocycles. The van der Waals surface area contributed by atoms with E-state index in [4.69, 9.17) is 5.73 Å². The van der Waals surface area contributed by atoms with Crippen LogP contribution in [0.2, 0.25) is 0 Å². The number of nitrogens with one attached hydrogen (secondary N) is 1. The van der Waals surface area contributed by atoms with Crippen LogP contribution < -0.4 is 11.1 Å². The van der Waals surface area contributed by atoms with Crippen molar-refractivity contribution >= 4 is 33.4 Å². The molecule has 0 atom stereocenters. The molecule has 2 rings (SSSR count). The first-order valence-corrected chi connectivity index (χ1v) is 7.20. The molecule has 0 aliphatic heterocycles. The van der Waals surface area contributed by atoms with Gasteiger partial charge in [-0.05, 0) is 42.3 Å². The van der Waals surface area contributed by atoms with Crippen LogP contribution in [0.5, 0.6) is 0 Å². The first kappa shape index (κ1) is 15.3. The van der Waals surface area contributed by atoms with Gasteiger partial charge in [0.25, 0.3) is 5.91 Å². The molecule has 0 radical (unpaired) electrons. The molecule has 4 nitrogen and oxygen atoms in total. The number of benzene rings is 2. The van der Waals surface area contributed by atoms with Crippen molar-refractivity contribution in [3.8, 4) is 0 Å². The maximum atomic E-state index is 12.3. The van der Waals surface area contributed by atoms with Gasteiger partial charge in [-0.25, -0.2) is 0 Å². The fraction of sp³-hybridized carbons (Fsp3) is 0.125. The fourth-order valence-corrected chi connectivity index (χ4v) is 2.21. The fourth-order valence-electron chi connectivity index (χ4n) is 1.96. The Morgan fingerprint density at radius 2 is 1.90 bits per heavy atom. The highest BCUT2D eigenvalue weighted by Gasteiger charge is 2.11. The smallest absolute Gasteiger partial charge is 0.255 e. The lowest BCUT2D eigenvalue weighted by atomic mass is 10.1. The molecule has 108 valence electrons. The van der Waals surface area contributed by atoms with Crippen LogP contribution in [-0.4, -0.2) is 11.8 Å². The van der Waals surface area contributed by atoms with Crippen LogP contribution in [-0.2, 0) is 11.2 Å². The Bertz CT molecular complexity index is 698. The molecule has 0 saturated heterocycles. The maximum Gasteiger partial charge on any atom is 0.255 e. The summed E-state index contributed by atoms with van der Waals surface area (Å²) >= 11 is 3.40. The average molecular weight is 347 g/mol. The number of rotatable bonds is 4. The summed E-state index contributed by atoms with van der Waals surface area (Å²) in [5.74, 6) is -0.654. The van der Waals surface area contributed by atoms with Crippen molar-refractivity contribution in [3.63, 3.8) is 0 Å². The molecule has 0 aliphatic rings. The van der Waals surface area contributed by atoms with E-state index < -0.39 is 5.91 Å². The number of para-hydroxylation sites is 1. The van der Waals surface area contributed by atoms with Crippen LogP contribution in [0.25, 0.3) is 0 Å². The first-order chi connectivity index (χ1) is 9.97. The predicted octanol–water partition coefficient (Wildman–Crippen LogP) is 3.04. The molecule has 3 N–H and O–H groups in total. The normalized spacial score (nSPS) is 10.2. The second kappa shape index (κ2) is 6.54. The van der Waals surface area contributed by atoms with E-state index in [1.807, 2.05) is 13.0 Å². The number of carbonyl (C=O) groups excluding carboxylic acids is 2. The van der Waals surface area contributed by atoms with Gasteiger partial charge in [-0.1, -0.05) is 34.1 Å². The largest absolute Gasteiger partial charge is 0.369 e. The third-order valence-corrected chi connectivity index (χ3v) is 3.94. The minimum absolute atomic E-state index is 0.0931. The zero-order valence-electron chi connectivity index (χ0n) is 11.5. The summed E-state index contributed by atoms with van der Waals surface area (Å²) in [6.07, 6.45) is 0.0931. The number of carbonyl (C=O) groups is 2. The molecule has 2 amide bonds. The Morgan fingerprint density at radius 3 is 2.57 bits per heavy atom. The van der Waals surface area contributed by atoms with Crippen LogP contribution >= 0.6 is 15.9 Å². The highest BCUT2D eigenvalue weighted by molar-refractivity contribution is 9.10. The van der Waals surface area contributed by atoms with Gasteiger partial charge in [0.05, 0.1) is 6.42 Å².